The molecule has 2 saturated heterocycles. The molecule has 6 rings (SSSR count). The summed E-state index contributed by atoms with van der Waals surface area (Å²) >= 11 is 1.33. The van der Waals surface area contributed by atoms with Crippen LogP contribution in [0.5, 0.6) is 23.0 Å². The third-order valence-electron chi connectivity index (χ3n) is 7.57. The van der Waals surface area contributed by atoms with E-state index in [1.54, 1.807) is 43.6 Å². The van der Waals surface area contributed by atoms with E-state index in [4.69, 9.17) is 18.9 Å². The molecule has 11 nitrogen and oxygen atoms in total. The number of benzene rings is 3. The van der Waals surface area contributed by atoms with Crippen molar-refractivity contribution in [2.75, 3.05) is 57.6 Å². The van der Waals surface area contributed by atoms with E-state index in [1.165, 1.54) is 16.8 Å². The maximum atomic E-state index is 13.5. The second-order valence-corrected chi connectivity index (χ2v) is 11.9. The number of pyridine rings is 1. The number of nitrogens with zero attached hydrogens (tertiary/aromatic N) is 3. The smallest absolute Gasteiger partial charge is 0.338 e. The van der Waals surface area contributed by atoms with E-state index in [2.05, 4.69) is 20.6 Å². The Morgan fingerprint density at radius 1 is 1.02 bits per heavy atom. The Morgan fingerprint density at radius 2 is 1.79 bits per heavy atom. The molecule has 14 heteroatoms. The number of halogens is 2. The number of hydrogen-bond donors (Lipinski definition) is 2. The summed E-state index contributed by atoms with van der Waals surface area (Å²) in [6, 6.07) is 14.4. The standard InChI is InChI=1S/C33H33F2N5O6S/c1-43-29-18-26-27(19-30(29)45-12-2-9-39-10-13-44-14-11-39)36-8-7-28(26)46-25-5-3-21(4-6-25)32-40(31(41)20-47-32)38-33(42)37-24-16-22(34)15-23(35)17-24/h3-8,15-19,32H,2,9-14,20H2,1H3,(H2,37,38,42). The lowest BCUT2D eigenvalue weighted by Crippen LogP contribution is -2.46. The van der Waals surface area contributed by atoms with Gasteiger partial charge in [0.25, 0.3) is 5.91 Å². The maximum Gasteiger partial charge on any atom is 0.338 e. The number of fused-ring (bicyclic) bond motifs is 1. The van der Waals surface area contributed by atoms with Crippen molar-refractivity contribution in [1.29, 1.82) is 0 Å². The largest absolute Gasteiger partial charge is 0.493 e. The first-order chi connectivity index (χ1) is 22.9. The number of amides is 3. The van der Waals surface area contributed by atoms with Gasteiger partial charge in [0.2, 0.25) is 0 Å². The van der Waals surface area contributed by atoms with Crippen molar-refractivity contribution in [2.45, 2.75) is 11.8 Å². The van der Waals surface area contributed by atoms with Crippen molar-refractivity contribution < 1.29 is 37.3 Å². The van der Waals surface area contributed by atoms with E-state index in [1.807, 2.05) is 12.1 Å². The lowest BCUT2D eigenvalue weighted by atomic mass is 10.1. The fourth-order valence-corrected chi connectivity index (χ4v) is 6.41. The molecule has 1 unspecified atom stereocenters. The number of morpholine rings is 1. The first kappa shape index (κ1) is 32.3. The molecule has 0 saturated carbocycles. The lowest BCUT2D eigenvalue weighted by Gasteiger charge is -2.26. The third-order valence-corrected chi connectivity index (χ3v) is 8.78. The van der Waals surface area contributed by atoms with Crippen molar-refractivity contribution in [1.82, 2.24) is 20.3 Å². The molecule has 3 amide bonds. The van der Waals surface area contributed by atoms with Crippen LogP contribution in [0, 0.1) is 11.6 Å². The minimum Gasteiger partial charge on any atom is -0.493 e. The number of anilines is 1. The van der Waals surface area contributed by atoms with Crippen LogP contribution in [0.15, 0.2) is 66.9 Å². The molecule has 2 aliphatic rings. The molecule has 47 heavy (non-hydrogen) atoms. The average Bonchev–Trinajstić information content (AvgIpc) is 3.42. The van der Waals surface area contributed by atoms with Gasteiger partial charge in [0.05, 0.1) is 38.2 Å². The Labute approximate surface area is 274 Å². The van der Waals surface area contributed by atoms with Crippen molar-refractivity contribution in [3.63, 3.8) is 0 Å². The van der Waals surface area contributed by atoms with Crippen LogP contribution in [0.1, 0.15) is 17.4 Å². The highest BCUT2D eigenvalue weighted by Crippen LogP contribution is 2.40. The van der Waals surface area contributed by atoms with Gasteiger partial charge >= 0.3 is 6.03 Å². The van der Waals surface area contributed by atoms with E-state index in [0.717, 1.165) is 62.4 Å². The number of carbonyl (C=O) groups is 2. The van der Waals surface area contributed by atoms with Gasteiger partial charge in [-0.25, -0.2) is 24.0 Å². The van der Waals surface area contributed by atoms with Crippen LogP contribution in [0.25, 0.3) is 10.9 Å². The zero-order valence-electron chi connectivity index (χ0n) is 25.5. The predicted octanol–water partition coefficient (Wildman–Crippen LogP) is 5.73. The van der Waals surface area contributed by atoms with Gasteiger partial charge in [-0.05, 0) is 48.4 Å². The number of thioether (sulfide) groups is 1. The number of hydrogen-bond acceptors (Lipinski definition) is 9. The minimum atomic E-state index is -0.836. The van der Waals surface area contributed by atoms with E-state index < -0.39 is 23.0 Å². The molecule has 3 aromatic carbocycles. The molecule has 1 atom stereocenters. The highest BCUT2D eigenvalue weighted by atomic mass is 32.2. The van der Waals surface area contributed by atoms with Crippen LogP contribution >= 0.6 is 11.8 Å². The summed E-state index contributed by atoms with van der Waals surface area (Å²) in [5, 5.41) is 3.76. The number of rotatable bonds is 11. The second kappa shape index (κ2) is 14.8. The summed E-state index contributed by atoms with van der Waals surface area (Å²) in [6.07, 6.45) is 2.53. The van der Waals surface area contributed by atoms with E-state index in [9.17, 15) is 18.4 Å². The normalized spacial score (nSPS) is 16.7. The van der Waals surface area contributed by atoms with Gasteiger partial charge in [0.15, 0.2) is 11.5 Å². The van der Waals surface area contributed by atoms with Crippen molar-refractivity contribution in [3.8, 4) is 23.0 Å². The molecule has 2 fully saturated rings. The Hall–Kier alpha value is -4.66. The number of aromatic nitrogens is 1. The van der Waals surface area contributed by atoms with Gasteiger partial charge < -0.3 is 24.3 Å². The highest BCUT2D eigenvalue weighted by Gasteiger charge is 2.34. The molecule has 0 bridgehead atoms. The molecule has 0 spiro atoms. The number of ether oxygens (including phenoxy) is 4. The molecule has 3 heterocycles. The van der Waals surface area contributed by atoms with Crippen LogP contribution in [0.3, 0.4) is 0 Å². The summed E-state index contributed by atoms with van der Waals surface area (Å²) < 4.78 is 50.4. The maximum absolute atomic E-state index is 13.5. The van der Waals surface area contributed by atoms with Crippen LogP contribution in [0.4, 0.5) is 19.3 Å². The number of methoxy groups -OCH3 is 1. The second-order valence-electron chi connectivity index (χ2n) is 10.8. The first-order valence-corrected chi connectivity index (χ1v) is 16.1. The monoisotopic (exact) mass is 665 g/mol. The van der Waals surface area contributed by atoms with Crippen LogP contribution in [-0.4, -0.2) is 79.1 Å². The Bertz CT molecular complexity index is 1720. The molecule has 0 aliphatic carbocycles. The molecule has 246 valence electrons. The van der Waals surface area contributed by atoms with Gasteiger partial charge in [0.1, 0.15) is 28.5 Å². The quantitative estimate of drug-likeness (QED) is 0.194. The molecule has 1 aromatic heterocycles. The summed E-state index contributed by atoms with van der Waals surface area (Å²) in [5.41, 5.74) is 3.83. The van der Waals surface area contributed by atoms with Crippen molar-refractivity contribution >= 4 is 40.3 Å². The zero-order chi connectivity index (χ0) is 32.8. The van der Waals surface area contributed by atoms with Gasteiger partial charge in [-0.15, -0.1) is 11.8 Å². The van der Waals surface area contributed by atoms with Crippen LogP contribution in [0.2, 0.25) is 0 Å². The van der Waals surface area contributed by atoms with Gasteiger partial charge in [0, 0.05) is 49.0 Å². The number of urea groups is 1. The number of hydrazine groups is 1. The Kier molecular flexibility index (Phi) is 10.2. The fraction of sp³-hybridized carbons (Fsp3) is 0.303. The topological polar surface area (TPSA) is 114 Å². The molecule has 0 radical (unpaired) electrons. The summed E-state index contributed by atoms with van der Waals surface area (Å²) in [7, 11) is 1.59. The SMILES string of the molecule is COc1cc2c(Oc3ccc(C4SCC(=O)N4NC(=O)Nc4cc(F)cc(F)c4)cc3)ccnc2cc1OCCCN1CCOCC1. The van der Waals surface area contributed by atoms with Crippen LogP contribution < -0.4 is 25.0 Å². The van der Waals surface area contributed by atoms with E-state index in [0.29, 0.717) is 41.2 Å². The number of carbonyl (C=O) groups excluding carboxylic acids is 2. The van der Waals surface area contributed by atoms with E-state index in [-0.39, 0.29) is 17.3 Å². The highest BCUT2D eigenvalue weighted by molar-refractivity contribution is 8.00. The van der Waals surface area contributed by atoms with Crippen molar-refractivity contribution in [2.24, 2.45) is 0 Å². The number of nitrogens with one attached hydrogen (secondary N) is 2. The summed E-state index contributed by atoms with van der Waals surface area (Å²) in [4.78, 5) is 32.0. The molecule has 2 N–H and O–H groups in total. The third kappa shape index (κ3) is 8.02. The van der Waals surface area contributed by atoms with Crippen LogP contribution in [-0.2, 0) is 9.53 Å². The lowest BCUT2D eigenvalue weighted by molar-refractivity contribution is -0.130. The Morgan fingerprint density at radius 3 is 2.53 bits per heavy atom. The summed E-state index contributed by atoms with van der Waals surface area (Å²) in [6.45, 7) is 4.88. The Balaban J connectivity index is 1.10. The van der Waals surface area contributed by atoms with E-state index >= 15 is 0 Å². The summed E-state index contributed by atoms with van der Waals surface area (Å²) in [5.74, 6) is 0.435. The first-order valence-electron chi connectivity index (χ1n) is 15.0. The minimum absolute atomic E-state index is 0.0816. The fourth-order valence-electron chi connectivity index (χ4n) is 5.30. The van der Waals surface area contributed by atoms with Crippen molar-refractivity contribution in [3.05, 3.63) is 84.1 Å². The van der Waals surface area contributed by atoms with Gasteiger partial charge in [-0.2, -0.15) is 0 Å². The zero-order valence-corrected chi connectivity index (χ0v) is 26.4. The molecule has 4 aromatic rings. The van der Waals surface area contributed by atoms with Gasteiger partial charge in [-0.3, -0.25) is 14.7 Å². The predicted molar refractivity (Wildman–Crippen MR) is 173 cm³/mol. The molecular formula is C33H33F2N5O6S. The average molecular weight is 666 g/mol. The van der Waals surface area contributed by atoms with Gasteiger partial charge in [-0.1, -0.05) is 12.1 Å². The molecular weight excluding hydrogens is 632 g/mol. The molecule has 2 aliphatic heterocycles.